The molecule has 1 saturated carbocycles. The summed E-state index contributed by atoms with van der Waals surface area (Å²) in [6.07, 6.45) is 4.09. The molecule has 3 heterocycles. The van der Waals surface area contributed by atoms with Gasteiger partial charge in [-0.3, -0.25) is 4.79 Å². The molecule has 3 aliphatic rings. The molecule has 0 spiro atoms. The van der Waals surface area contributed by atoms with Crippen molar-refractivity contribution in [2.24, 2.45) is 11.8 Å². The number of sulfonamides is 1. The van der Waals surface area contributed by atoms with Gasteiger partial charge in [0.2, 0.25) is 15.9 Å². The minimum atomic E-state index is -3.72. The van der Waals surface area contributed by atoms with E-state index >= 15 is 0 Å². The fourth-order valence-corrected chi connectivity index (χ4v) is 6.71. The predicted octanol–water partition coefficient (Wildman–Crippen LogP) is 1.98. The molecule has 1 aliphatic carbocycles. The molecule has 11 heteroatoms. The molecule has 0 bridgehead atoms. The molecular weight excluding hydrogens is 452 g/mol. The third kappa shape index (κ3) is 4.28. The Morgan fingerprint density at radius 1 is 1.22 bits per heavy atom. The van der Waals surface area contributed by atoms with Crippen molar-refractivity contribution in [3.63, 3.8) is 0 Å². The van der Waals surface area contributed by atoms with Crippen molar-refractivity contribution in [3.05, 3.63) is 34.6 Å². The monoisotopic (exact) mass is 478 g/mol. The van der Waals surface area contributed by atoms with Crippen molar-refractivity contribution in [3.8, 4) is 0 Å². The van der Waals surface area contributed by atoms with Gasteiger partial charge >= 0.3 is 0 Å². The maximum atomic E-state index is 13.2. The number of aromatic nitrogens is 3. The molecule has 0 radical (unpaired) electrons. The zero-order valence-electron chi connectivity index (χ0n) is 18.0. The van der Waals surface area contributed by atoms with Crippen LogP contribution in [-0.2, 0) is 34.3 Å². The van der Waals surface area contributed by atoms with Gasteiger partial charge in [-0.25, -0.2) is 13.1 Å². The molecule has 1 aromatic heterocycles. The van der Waals surface area contributed by atoms with Crippen LogP contribution in [0.3, 0.4) is 0 Å². The fraction of sp³-hybridized carbons (Fsp3) is 0.571. The first-order chi connectivity index (χ1) is 15.3. The fourth-order valence-electron chi connectivity index (χ4n) is 4.70. The second-order valence-corrected chi connectivity index (χ2v) is 11.4. The van der Waals surface area contributed by atoms with Crippen LogP contribution in [0.25, 0.3) is 0 Å². The van der Waals surface area contributed by atoms with Crippen molar-refractivity contribution >= 4 is 33.2 Å². The van der Waals surface area contributed by atoms with Crippen LogP contribution < -0.4 is 5.32 Å². The van der Waals surface area contributed by atoms with Crippen LogP contribution in [0.2, 0.25) is 5.02 Å². The van der Waals surface area contributed by atoms with Crippen LogP contribution >= 0.6 is 11.6 Å². The van der Waals surface area contributed by atoms with E-state index in [1.54, 1.807) is 10.7 Å². The smallest absolute Gasteiger partial charge is 0.246 e. The summed E-state index contributed by atoms with van der Waals surface area (Å²) in [5.41, 5.74) is 2.25. The number of anilines is 1. The largest absolute Gasteiger partial charge is 0.324 e. The van der Waals surface area contributed by atoms with Gasteiger partial charge < -0.3 is 10.2 Å². The topological polar surface area (TPSA) is 100 Å². The van der Waals surface area contributed by atoms with E-state index in [2.05, 4.69) is 20.5 Å². The average Bonchev–Trinajstić information content (AvgIpc) is 3.34. The van der Waals surface area contributed by atoms with E-state index in [1.807, 2.05) is 7.05 Å². The van der Waals surface area contributed by atoms with E-state index in [9.17, 15) is 13.2 Å². The number of fused-ring (bicyclic) bond motifs is 1. The first-order valence-electron chi connectivity index (χ1n) is 11.0. The SMILES string of the molecule is CN1CCc2c(nnn2CC(=O)Nc2ccc(Cl)c(S(=O)(=O)N3CC[C@H](C4CC4)C3)c2)C1. The Hall–Kier alpha value is -2.01. The lowest BCUT2D eigenvalue weighted by atomic mass is 10.0. The van der Waals surface area contributed by atoms with Crippen LogP contribution in [0.15, 0.2) is 23.1 Å². The number of carbonyl (C=O) groups excluding carboxylic acids is 1. The second kappa shape index (κ2) is 8.40. The molecule has 2 aromatic rings. The predicted molar refractivity (Wildman–Crippen MR) is 120 cm³/mol. The number of amides is 1. The molecule has 1 N–H and O–H groups in total. The molecule has 172 valence electrons. The summed E-state index contributed by atoms with van der Waals surface area (Å²) in [6.45, 7) is 2.69. The molecule has 1 aromatic carbocycles. The van der Waals surface area contributed by atoms with Gasteiger partial charge in [0.1, 0.15) is 11.4 Å². The first-order valence-corrected chi connectivity index (χ1v) is 12.8. The second-order valence-electron chi connectivity index (χ2n) is 9.07. The summed E-state index contributed by atoms with van der Waals surface area (Å²) in [4.78, 5) is 14.8. The number of likely N-dealkylation sites (N-methyl/N-ethyl adjacent to an activating group) is 1. The average molecular weight is 479 g/mol. The van der Waals surface area contributed by atoms with Crippen LogP contribution in [0.5, 0.6) is 0 Å². The molecular formula is C21H27ClN6O3S. The molecule has 0 unspecified atom stereocenters. The minimum Gasteiger partial charge on any atom is -0.324 e. The van der Waals surface area contributed by atoms with Crippen molar-refractivity contribution in [1.82, 2.24) is 24.2 Å². The summed E-state index contributed by atoms with van der Waals surface area (Å²) in [5.74, 6) is 0.816. The van der Waals surface area contributed by atoms with Crippen molar-refractivity contribution in [2.75, 3.05) is 32.0 Å². The maximum absolute atomic E-state index is 13.2. The number of carbonyl (C=O) groups is 1. The Labute approximate surface area is 192 Å². The van der Waals surface area contributed by atoms with Crippen molar-refractivity contribution in [2.45, 2.75) is 43.7 Å². The number of hydrogen-bond donors (Lipinski definition) is 1. The van der Waals surface area contributed by atoms with E-state index < -0.39 is 10.0 Å². The Bertz CT molecular complexity index is 1150. The highest BCUT2D eigenvalue weighted by Gasteiger charge is 2.40. The van der Waals surface area contributed by atoms with E-state index in [-0.39, 0.29) is 22.4 Å². The number of benzene rings is 1. The zero-order valence-corrected chi connectivity index (χ0v) is 19.6. The first kappa shape index (κ1) is 21.8. The highest BCUT2D eigenvalue weighted by molar-refractivity contribution is 7.89. The normalized spacial score (nSPS) is 22.1. The molecule has 2 aliphatic heterocycles. The number of rotatable bonds is 6. The summed E-state index contributed by atoms with van der Waals surface area (Å²) in [5, 5.41) is 11.2. The summed E-state index contributed by atoms with van der Waals surface area (Å²) < 4.78 is 29.6. The molecule has 1 atom stereocenters. The lowest BCUT2D eigenvalue weighted by Crippen LogP contribution is -2.30. The third-order valence-corrected chi connectivity index (χ3v) is 9.02. The quantitative estimate of drug-likeness (QED) is 0.681. The van der Waals surface area contributed by atoms with E-state index in [1.165, 1.54) is 29.3 Å². The Morgan fingerprint density at radius 2 is 2.03 bits per heavy atom. The van der Waals surface area contributed by atoms with Gasteiger partial charge in [0.05, 0.1) is 16.4 Å². The highest BCUT2D eigenvalue weighted by Crippen LogP contribution is 2.42. The lowest BCUT2D eigenvalue weighted by Gasteiger charge is -2.21. The van der Waals surface area contributed by atoms with Gasteiger partial charge in [0, 0.05) is 38.3 Å². The van der Waals surface area contributed by atoms with Crippen LogP contribution in [-0.4, -0.2) is 65.2 Å². The van der Waals surface area contributed by atoms with E-state index in [0.717, 1.165) is 30.8 Å². The maximum Gasteiger partial charge on any atom is 0.246 e. The molecule has 1 amide bonds. The highest BCUT2D eigenvalue weighted by atomic mass is 35.5. The third-order valence-electron chi connectivity index (χ3n) is 6.67. The van der Waals surface area contributed by atoms with Crippen LogP contribution in [0, 0.1) is 11.8 Å². The van der Waals surface area contributed by atoms with Gasteiger partial charge in [-0.15, -0.1) is 5.10 Å². The summed E-state index contributed by atoms with van der Waals surface area (Å²) >= 11 is 6.27. The summed E-state index contributed by atoms with van der Waals surface area (Å²) in [6, 6.07) is 4.58. The number of halogens is 1. The van der Waals surface area contributed by atoms with Crippen molar-refractivity contribution in [1.29, 1.82) is 0 Å². The molecule has 5 rings (SSSR count). The Kier molecular flexibility index (Phi) is 5.73. The Balaban J connectivity index is 1.29. The van der Waals surface area contributed by atoms with Gasteiger partial charge in [0.25, 0.3) is 0 Å². The van der Waals surface area contributed by atoms with Gasteiger partial charge in [-0.1, -0.05) is 16.8 Å². The number of hydrogen-bond acceptors (Lipinski definition) is 6. The standard InChI is InChI=1S/C21H27ClN6O3S/c1-26-8-7-19-18(12-26)24-25-28(19)13-21(29)23-16-4-5-17(22)20(10-16)32(30,31)27-9-6-15(11-27)14-2-3-14/h4-5,10,14-15H,2-3,6-9,11-13H2,1H3,(H,23,29)/t15-/m0/s1. The van der Waals surface area contributed by atoms with Crippen LogP contribution in [0.4, 0.5) is 5.69 Å². The van der Waals surface area contributed by atoms with Gasteiger partial charge in [0.15, 0.2) is 0 Å². The molecule has 2 fully saturated rings. The number of nitrogens with zero attached hydrogens (tertiary/aromatic N) is 5. The zero-order chi connectivity index (χ0) is 22.5. The molecule has 32 heavy (non-hydrogen) atoms. The van der Waals surface area contributed by atoms with Gasteiger partial charge in [-0.05, 0) is 56.3 Å². The minimum absolute atomic E-state index is 0.0198. The van der Waals surface area contributed by atoms with E-state index in [0.29, 0.717) is 37.2 Å². The Morgan fingerprint density at radius 3 is 2.81 bits per heavy atom. The molecule has 1 saturated heterocycles. The summed E-state index contributed by atoms with van der Waals surface area (Å²) in [7, 11) is -1.69. The van der Waals surface area contributed by atoms with Crippen LogP contribution in [0.1, 0.15) is 30.7 Å². The number of nitrogens with one attached hydrogen (secondary N) is 1. The van der Waals surface area contributed by atoms with E-state index in [4.69, 9.17) is 11.6 Å². The van der Waals surface area contributed by atoms with Crippen molar-refractivity contribution < 1.29 is 13.2 Å². The lowest BCUT2D eigenvalue weighted by molar-refractivity contribution is -0.117. The van der Waals surface area contributed by atoms with Gasteiger partial charge in [-0.2, -0.15) is 4.31 Å². The molecule has 9 nitrogen and oxygen atoms in total.